The maximum atomic E-state index is 11.8. The number of nitrogens with zero attached hydrogens (tertiary/aromatic N) is 4. The van der Waals surface area contributed by atoms with Crippen molar-refractivity contribution in [1.29, 1.82) is 0 Å². The van der Waals surface area contributed by atoms with Gasteiger partial charge < -0.3 is 0 Å². The van der Waals surface area contributed by atoms with E-state index in [1.54, 1.807) is 6.20 Å². The zero-order valence-corrected chi connectivity index (χ0v) is 14.0. The summed E-state index contributed by atoms with van der Waals surface area (Å²) >= 11 is 0.983. The van der Waals surface area contributed by atoms with E-state index in [2.05, 4.69) is 25.5 Å². The van der Waals surface area contributed by atoms with Gasteiger partial charge in [0.25, 0.3) is 0 Å². The molecule has 2 aromatic heterocycles. The molecular formula is C14H18N4O2S2. The molecule has 1 fully saturated rings. The third-order valence-corrected chi connectivity index (χ3v) is 6.47. The fraction of sp³-hybridized carbons (Fsp3) is 0.500. The van der Waals surface area contributed by atoms with Gasteiger partial charge >= 0.3 is 0 Å². The Hall–Kier alpha value is -1.38. The van der Waals surface area contributed by atoms with Crippen molar-refractivity contribution in [2.24, 2.45) is 0 Å². The van der Waals surface area contributed by atoms with Crippen LogP contribution in [-0.2, 0) is 16.4 Å². The Morgan fingerprint density at radius 1 is 1.36 bits per heavy atom. The molecule has 0 radical (unpaired) electrons. The van der Waals surface area contributed by atoms with Gasteiger partial charge in [0.15, 0.2) is 14.0 Å². The van der Waals surface area contributed by atoms with E-state index in [1.807, 2.05) is 12.3 Å². The fourth-order valence-corrected chi connectivity index (χ4v) is 4.54. The zero-order chi connectivity index (χ0) is 15.6. The van der Waals surface area contributed by atoms with Gasteiger partial charge in [0.2, 0.25) is 0 Å². The highest BCUT2D eigenvalue weighted by Gasteiger charge is 2.28. The Kier molecular flexibility index (Phi) is 4.51. The van der Waals surface area contributed by atoms with Gasteiger partial charge in [-0.05, 0) is 37.6 Å². The van der Waals surface area contributed by atoms with Crippen molar-refractivity contribution in [2.45, 2.75) is 29.5 Å². The fourth-order valence-electron chi connectivity index (χ4n) is 2.81. The van der Waals surface area contributed by atoms with Crippen LogP contribution in [0.5, 0.6) is 0 Å². The van der Waals surface area contributed by atoms with Gasteiger partial charge in [0, 0.05) is 42.6 Å². The number of hydrogen-bond acceptors (Lipinski definition) is 7. The minimum Gasteiger partial charge on any atom is -0.299 e. The van der Waals surface area contributed by atoms with Crippen LogP contribution in [-0.4, -0.2) is 47.2 Å². The lowest BCUT2D eigenvalue weighted by molar-refractivity contribution is 0.202. The molecule has 0 atom stereocenters. The van der Waals surface area contributed by atoms with Crippen molar-refractivity contribution < 1.29 is 8.42 Å². The summed E-state index contributed by atoms with van der Waals surface area (Å²) in [6.45, 7) is 2.75. The van der Waals surface area contributed by atoms with Crippen molar-refractivity contribution in [3.05, 3.63) is 35.8 Å². The Labute approximate surface area is 134 Å². The van der Waals surface area contributed by atoms with Crippen molar-refractivity contribution in [3.63, 3.8) is 0 Å². The minimum absolute atomic E-state index is 0.189. The van der Waals surface area contributed by atoms with Gasteiger partial charge in [-0.3, -0.25) is 9.88 Å². The molecule has 0 aromatic carbocycles. The van der Waals surface area contributed by atoms with Gasteiger partial charge in [-0.25, -0.2) is 8.42 Å². The highest BCUT2D eigenvalue weighted by atomic mass is 32.2. The van der Waals surface area contributed by atoms with Crippen molar-refractivity contribution in [2.75, 3.05) is 19.3 Å². The molecule has 6 nitrogen and oxygen atoms in total. The third-order valence-electron chi connectivity index (χ3n) is 3.92. The summed E-state index contributed by atoms with van der Waals surface area (Å²) in [5.74, 6) is 0.189. The number of pyridine rings is 1. The highest BCUT2D eigenvalue weighted by Crippen LogP contribution is 2.32. The quantitative estimate of drug-likeness (QED) is 0.845. The number of aromatic nitrogens is 3. The molecule has 1 aliphatic heterocycles. The molecule has 0 amide bonds. The van der Waals surface area contributed by atoms with Gasteiger partial charge in [-0.1, -0.05) is 10.6 Å². The lowest BCUT2D eigenvalue weighted by Gasteiger charge is -2.31. The van der Waals surface area contributed by atoms with E-state index in [9.17, 15) is 8.42 Å². The Morgan fingerprint density at radius 2 is 2.14 bits per heavy atom. The van der Waals surface area contributed by atoms with Crippen molar-refractivity contribution in [3.8, 4) is 0 Å². The molecule has 118 valence electrons. The summed E-state index contributed by atoms with van der Waals surface area (Å²) in [5.41, 5.74) is 1.86. The number of likely N-dealkylation sites (tertiary alicyclic amines) is 1. The Bertz CT molecular complexity index is 722. The Balaban J connectivity index is 1.64. The molecule has 0 N–H and O–H groups in total. The van der Waals surface area contributed by atoms with E-state index in [-0.39, 0.29) is 5.92 Å². The molecule has 0 aliphatic carbocycles. The molecular weight excluding hydrogens is 320 g/mol. The maximum Gasteiger partial charge on any atom is 0.188 e. The first-order valence-electron chi connectivity index (χ1n) is 7.17. The van der Waals surface area contributed by atoms with Crippen LogP contribution in [0.4, 0.5) is 0 Å². The van der Waals surface area contributed by atoms with Crippen molar-refractivity contribution in [1.82, 2.24) is 19.5 Å². The first kappa shape index (κ1) is 15.5. The molecule has 0 bridgehead atoms. The second-order valence-corrected chi connectivity index (χ2v) is 8.59. The third kappa shape index (κ3) is 3.50. The second-order valence-electron chi connectivity index (χ2n) is 5.63. The molecule has 0 saturated carbocycles. The average molecular weight is 338 g/mol. The Morgan fingerprint density at radius 3 is 2.77 bits per heavy atom. The zero-order valence-electron chi connectivity index (χ0n) is 12.3. The van der Waals surface area contributed by atoms with Crippen LogP contribution in [0.3, 0.4) is 0 Å². The summed E-state index contributed by atoms with van der Waals surface area (Å²) in [6, 6.07) is 4.02. The maximum absolute atomic E-state index is 11.8. The number of rotatable bonds is 4. The molecule has 0 spiro atoms. The summed E-state index contributed by atoms with van der Waals surface area (Å²) in [4.78, 5) is 6.50. The van der Waals surface area contributed by atoms with Crippen LogP contribution < -0.4 is 0 Å². The van der Waals surface area contributed by atoms with E-state index in [1.165, 1.54) is 11.8 Å². The summed E-state index contributed by atoms with van der Waals surface area (Å²) in [6.07, 6.45) is 6.71. The molecule has 1 aliphatic rings. The smallest absolute Gasteiger partial charge is 0.188 e. The molecule has 3 heterocycles. The van der Waals surface area contributed by atoms with Crippen LogP contribution in [0.2, 0.25) is 0 Å². The van der Waals surface area contributed by atoms with Crippen LogP contribution in [0, 0.1) is 0 Å². The second kappa shape index (κ2) is 6.39. The van der Waals surface area contributed by atoms with Gasteiger partial charge in [-0.15, -0.1) is 5.10 Å². The molecule has 22 heavy (non-hydrogen) atoms. The van der Waals surface area contributed by atoms with Gasteiger partial charge in [0.1, 0.15) is 0 Å². The largest absolute Gasteiger partial charge is 0.299 e. The molecule has 8 heteroatoms. The first-order chi connectivity index (χ1) is 10.5. The van der Waals surface area contributed by atoms with E-state index in [4.69, 9.17) is 0 Å². The van der Waals surface area contributed by atoms with Crippen LogP contribution in [0.25, 0.3) is 0 Å². The summed E-state index contributed by atoms with van der Waals surface area (Å²) in [5, 5.41) is 4.08. The standard InChI is InChI=1S/C14H18N4O2S2/c1-22(19,20)14-13(16-17-21-14)12-4-7-18(8-5-12)10-11-3-2-6-15-9-11/h2-3,6,9,12H,4-5,7-8,10H2,1H3. The number of piperidine rings is 1. The predicted molar refractivity (Wildman–Crippen MR) is 84.5 cm³/mol. The molecule has 3 rings (SSSR count). The van der Waals surface area contributed by atoms with E-state index >= 15 is 0 Å². The van der Waals surface area contributed by atoms with Crippen molar-refractivity contribution >= 4 is 21.4 Å². The minimum atomic E-state index is -3.23. The van der Waals surface area contributed by atoms with E-state index < -0.39 is 9.84 Å². The SMILES string of the molecule is CS(=O)(=O)c1snnc1C1CCN(Cc2cccnc2)CC1. The summed E-state index contributed by atoms with van der Waals surface area (Å²) < 4.78 is 27.7. The van der Waals surface area contributed by atoms with Gasteiger partial charge in [0.05, 0.1) is 5.69 Å². The van der Waals surface area contributed by atoms with Crippen LogP contribution in [0.1, 0.15) is 30.0 Å². The average Bonchev–Trinajstić information content (AvgIpc) is 2.99. The monoisotopic (exact) mass is 338 g/mol. The predicted octanol–water partition coefficient (Wildman–Crippen LogP) is 1.72. The first-order valence-corrected chi connectivity index (χ1v) is 9.84. The normalized spacial score (nSPS) is 17.7. The highest BCUT2D eigenvalue weighted by molar-refractivity contribution is 7.92. The number of hydrogen-bond donors (Lipinski definition) is 0. The van der Waals surface area contributed by atoms with Crippen LogP contribution >= 0.6 is 11.5 Å². The lowest BCUT2D eigenvalue weighted by atomic mass is 9.94. The lowest BCUT2D eigenvalue weighted by Crippen LogP contribution is -2.32. The van der Waals surface area contributed by atoms with Gasteiger partial charge in [-0.2, -0.15) is 0 Å². The molecule has 1 saturated heterocycles. The van der Waals surface area contributed by atoms with E-state index in [0.29, 0.717) is 9.90 Å². The number of sulfone groups is 1. The van der Waals surface area contributed by atoms with Crippen LogP contribution in [0.15, 0.2) is 28.7 Å². The summed E-state index contributed by atoms with van der Waals surface area (Å²) in [7, 11) is -3.23. The van der Waals surface area contributed by atoms with E-state index in [0.717, 1.165) is 44.0 Å². The topological polar surface area (TPSA) is 76.1 Å². The molecule has 2 aromatic rings. The molecule has 0 unspecified atom stereocenters.